The molecule has 1 rings (SSSR count). The lowest BCUT2D eigenvalue weighted by Gasteiger charge is -2.21. The Morgan fingerprint density at radius 2 is 2.21 bits per heavy atom. The van der Waals surface area contributed by atoms with Crippen LogP contribution in [-0.4, -0.2) is 31.5 Å². The molecule has 1 aromatic rings. The van der Waals surface area contributed by atoms with Gasteiger partial charge in [-0.1, -0.05) is 0 Å². The van der Waals surface area contributed by atoms with Crippen molar-refractivity contribution in [2.75, 3.05) is 14.2 Å². The summed E-state index contributed by atoms with van der Waals surface area (Å²) in [6.07, 6.45) is -0.214. The molecule has 0 saturated heterocycles. The van der Waals surface area contributed by atoms with E-state index in [9.17, 15) is 0 Å². The average Bonchev–Trinajstić information content (AvgIpc) is 2.69. The minimum atomic E-state index is -0.214. The number of methoxy groups -OCH3 is 2. The smallest absolute Gasteiger partial charge is 0.171 e. The first-order chi connectivity index (χ1) is 6.77. The number of rotatable bonds is 6. The van der Waals surface area contributed by atoms with E-state index in [1.54, 1.807) is 25.6 Å². The van der Waals surface area contributed by atoms with Crippen LogP contribution in [0.3, 0.4) is 0 Å². The van der Waals surface area contributed by atoms with Gasteiger partial charge in [-0.3, -0.25) is 0 Å². The van der Waals surface area contributed by atoms with Crippen LogP contribution in [0.1, 0.15) is 12.6 Å². The maximum absolute atomic E-state index is 5.13. The van der Waals surface area contributed by atoms with E-state index in [2.05, 4.69) is 10.3 Å². The van der Waals surface area contributed by atoms with E-state index in [1.165, 1.54) is 0 Å². The first kappa shape index (κ1) is 11.6. The molecule has 5 heteroatoms. The molecule has 14 heavy (non-hydrogen) atoms. The Morgan fingerprint density at radius 3 is 2.71 bits per heavy atom. The molecule has 0 aromatic carbocycles. The number of hydrogen-bond acceptors (Lipinski definition) is 5. The Hall–Kier alpha value is -0.490. The van der Waals surface area contributed by atoms with Crippen LogP contribution in [0.4, 0.5) is 0 Å². The molecule has 0 spiro atoms. The van der Waals surface area contributed by atoms with Gasteiger partial charge in [-0.05, 0) is 6.92 Å². The summed E-state index contributed by atoms with van der Waals surface area (Å²) in [7, 11) is 3.27. The van der Waals surface area contributed by atoms with Crippen molar-refractivity contribution in [2.45, 2.75) is 25.8 Å². The highest BCUT2D eigenvalue weighted by Gasteiger charge is 2.14. The average molecular weight is 216 g/mol. The van der Waals surface area contributed by atoms with Crippen molar-refractivity contribution in [2.24, 2.45) is 0 Å². The van der Waals surface area contributed by atoms with Gasteiger partial charge < -0.3 is 14.8 Å². The summed E-state index contributed by atoms with van der Waals surface area (Å²) in [6.45, 7) is 2.76. The van der Waals surface area contributed by atoms with Crippen LogP contribution in [0.15, 0.2) is 10.9 Å². The van der Waals surface area contributed by atoms with Crippen LogP contribution in [0.2, 0.25) is 0 Å². The maximum Gasteiger partial charge on any atom is 0.171 e. The topological polar surface area (TPSA) is 43.4 Å². The van der Waals surface area contributed by atoms with Gasteiger partial charge >= 0.3 is 0 Å². The van der Waals surface area contributed by atoms with Gasteiger partial charge in [-0.2, -0.15) is 0 Å². The molecule has 0 bridgehead atoms. The van der Waals surface area contributed by atoms with Gasteiger partial charge in [0, 0.05) is 26.1 Å². The summed E-state index contributed by atoms with van der Waals surface area (Å²) in [4.78, 5) is 4.17. The molecule has 1 aromatic heterocycles. The molecule has 0 saturated carbocycles. The quantitative estimate of drug-likeness (QED) is 0.727. The molecule has 1 heterocycles. The third kappa shape index (κ3) is 3.34. The predicted octanol–water partition coefficient (Wildman–Crippen LogP) is 1.24. The summed E-state index contributed by atoms with van der Waals surface area (Å²) in [5, 5.41) is 5.30. The molecule has 4 nitrogen and oxygen atoms in total. The lowest BCUT2D eigenvalue weighted by atomic mass is 10.3. The molecule has 80 valence electrons. The van der Waals surface area contributed by atoms with Gasteiger partial charge in [0.25, 0.3) is 0 Å². The van der Waals surface area contributed by atoms with Crippen molar-refractivity contribution >= 4 is 11.3 Å². The number of ether oxygens (including phenoxy) is 2. The van der Waals surface area contributed by atoms with Gasteiger partial charge in [0.2, 0.25) is 0 Å². The Kier molecular flexibility index (Phi) is 5.03. The number of nitrogens with one attached hydrogen (secondary N) is 1. The Labute approximate surface area is 88.3 Å². The van der Waals surface area contributed by atoms with E-state index >= 15 is 0 Å². The van der Waals surface area contributed by atoms with E-state index in [0.29, 0.717) is 0 Å². The first-order valence-corrected chi connectivity index (χ1v) is 5.38. The third-order valence-electron chi connectivity index (χ3n) is 1.96. The molecule has 0 aliphatic rings. The standard InChI is InChI=1S/C9H16N2O2S/c1-7(9(12-2)13-3)10-4-8-5-14-6-11-8/h5-7,9-10H,4H2,1-3H3. The minimum Gasteiger partial charge on any atom is -0.354 e. The summed E-state index contributed by atoms with van der Waals surface area (Å²) in [6, 6.07) is 0.145. The fraction of sp³-hybridized carbons (Fsp3) is 0.667. The first-order valence-electron chi connectivity index (χ1n) is 4.44. The van der Waals surface area contributed by atoms with Crippen LogP contribution >= 0.6 is 11.3 Å². The maximum atomic E-state index is 5.13. The van der Waals surface area contributed by atoms with E-state index in [4.69, 9.17) is 9.47 Å². The number of hydrogen-bond donors (Lipinski definition) is 1. The molecule has 0 fully saturated rings. The second-order valence-corrected chi connectivity index (χ2v) is 3.71. The van der Waals surface area contributed by atoms with E-state index in [-0.39, 0.29) is 12.3 Å². The Balaban J connectivity index is 2.30. The molecule has 1 N–H and O–H groups in total. The molecule has 1 unspecified atom stereocenters. The lowest BCUT2D eigenvalue weighted by molar-refractivity contribution is -0.119. The third-order valence-corrected chi connectivity index (χ3v) is 2.60. The second-order valence-electron chi connectivity index (χ2n) is 2.99. The summed E-state index contributed by atoms with van der Waals surface area (Å²) in [5.41, 5.74) is 2.87. The van der Waals surface area contributed by atoms with Crippen LogP contribution in [0.5, 0.6) is 0 Å². The molecule has 0 radical (unpaired) electrons. The van der Waals surface area contributed by atoms with Gasteiger partial charge in [0.15, 0.2) is 6.29 Å². The SMILES string of the molecule is COC(OC)C(C)NCc1cscn1. The number of aromatic nitrogens is 1. The predicted molar refractivity (Wildman–Crippen MR) is 56.2 cm³/mol. The van der Waals surface area contributed by atoms with Crippen molar-refractivity contribution in [3.05, 3.63) is 16.6 Å². The Morgan fingerprint density at radius 1 is 1.50 bits per heavy atom. The monoisotopic (exact) mass is 216 g/mol. The second kappa shape index (κ2) is 6.08. The zero-order valence-corrected chi connectivity index (χ0v) is 9.50. The Bertz CT molecular complexity index is 237. The minimum absolute atomic E-state index is 0.145. The fourth-order valence-corrected chi connectivity index (χ4v) is 1.75. The number of nitrogens with zero attached hydrogens (tertiary/aromatic N) is 1. The van der Waals surface area contributed by atoms with Crippen molar-refractivity contribution in [3.8, 4) is 0 Å². The molecule has 0 amide bonds. The summed E-state index contributed by atoms with van der Waals surface area (Å²) >= 11 is 1.60. The highest BCUT2D eigenvalue weighted by atomic mass is 32.1. The van der Waals surface area contributed by atoms with Crippen LogP contribution in [0, 0.1) is 0 Å². The van der Waals surface area contributed by atoms with Crippen LogP contribution in [-0.2, 0) is 16.0 Å². The van der Waals surface area contributed by atoms with Crippen molar-refractivity contribution in [3.63, 3.8) is 0 Å². The highest BCUT2D eigenvalue weighted by Crippen LogP contribution is 2.03. The zero-order valence-electron chi connectivity index (χ0n) is 8.69. The van der Waals surface area contributed by atoms with Crippen molar-refractivity contribution < 1.29 is 9.47 Å². The van der Waals surface area contributed by atoms with E-state index in [0.717, 1.165) is 12.2 Å². The highest BCUT2D eigenvalue weighted by molar-refractivity contribution is 7.07. The molecule has 0 aliphatic carbocycles. The lowest BCUT2D eigenvalue weighted by Crippen LogP contribution is -2.39. The summed E-state index contributed by atoms with van der Waals surface area (Å²) in [5.74, 6) is 0. The largest absolute Gasteiger partial charge is 0.354 e. The van der Waals surface area contributed by atoms with E-state index in [1.807, 2.05) is 17.8 Å². The number of thiazole rings is 1. The van der Waals surface area contributed by atoms with Crippen molar-refractivity contribution in [1.82, 2.24) is 10.3 Å². The van der Waals surface area contributed by atoms with Gasteiger partial charge in [0.1, 0.15) is 0 Å². The normalized spacial score (nSPS) is 13.4. The molecule has 0 aliphatic heterocycles. The molecule has 1 atom stereocenters. The van der Waals surface area contributed by atoms with Gasteiger partial charge in [0.05, 0.1) is 17.2 Å². The molecular formula is C9H16N2O2S. The van der Waals surface area contributed by atoms with Crippen LogP contribution < -0.4 is 5.32 Å². The fourth-order valence-electron chi connectivity index (χ4n) is 1.19. The van der Waals surface area contributed by atoms with E-state index < -0.39 is 0 Å². The summed E-state index contributed by atoms with van der Waals surface area (Å²) < 4.78 is 10.3. The van der Waals surface area contributed by atoms with Gasteiger partial charge in [-0.15, -0.1) is 11.3 Å². The van der Waals surface area contributed by atoms with Gasteiger partial charge in [-0.25, -0.2) is 4.98 Å². The molecular weight excluding hydrogens is 200 g/mol. The van der Waals surface area contributed by atoms with Crippen molar-refractivity contribution in [1.29, 1.82) is 0 Å². The van der Waals surface area contributed by atoms with Crippen LogP contribution in [0.25, 0.3) is 0 Å². The zero-order chi connectivity index (χ0) is 10.4.